The topological polar surface area (TPSA) is 49.8 Å². The highest BCUT2D eigenvalue weighted by Gasteiger charge is 2.10. The molecule has 3 heteroatoms. The van der Waals surface area contributed by atoms with Gasteiger partial charge in [-0.25, -0.2) is 0 Å². The van der Waals surface area contributed by atoms with E-state index >= 15 is 0 Å². The molecule has 1 aromatic carbocycles. The molecule has 0 unspecified atom stereocenters. The molecule has 0 heterocycles. The predicted octanol–water partition coefficient (Wildman–Crippen LogP) is 1.65. The van der Waals surface area contributed by atoms with Crippen molar-refractivity contribution in [3.05, 3.63) is 35.9 Å². The van der Waals surface area contributed by atoms with Gasteiger partial charge >= 0.3 is 0 Å². The lowest BCUT2D eigenvalue weighted by molar-refractivity contribution is 0.868. The van der Waals surface area contributed by atoms with Crippen LogP contribution in [0.1, 0.15) is 5.56 Å². The van der Waals surface area contributed by atoms with E-state index in [1.165, 1.54) is 0 Å². The smallest absolute Gasteiger partial charge is 0.100 e. The van der Waals surface area contributed by atoms with Gasteiger partial charge in [0.25, 0.3) is 0 Å². The van der Waals surface area contributed by atoms with Crippen LogP contribution in [0.3, 0.4) is 0 Å². The van der Waals surface area contributed by atoms with E-state index in [9.17, 15) is 0 Å². The number of benzene rings is 1. The minimum Gasteiger partial charge on any atom is -0.392 e. The molecule has 1 atom stereocenters. The molecule has 0 spiro atoms. The number of hydrogen-bond donors (Lipinski definition) is 1. The molecule has 13 heavy (non-hydrogen) atoms. The van der Waals surface area contributed by atoms with Crippen LogP contribution in [0.5, 0.6) is 0 Å². The third-order valence-electron chi connectivity index (χ3n) is 1.78. The quantitative estimate of drug-likeness (QED) is 0.737. The monoisotopic (exact) mass is 190 g/mol. The van der Waals surface area contributed by atoms with Crippen LogP contribution in [-0.2, 0) is 6.42 Å². The molecule has 1 rings (SSSR count). The van der Waals surface area contributed by atoms with Crippen molar-refractivity contribution in [2.75, 3.05) is 0 Å². The Labute approximate surface area is 83.0 Å². The first-order valence-electron chi connectivity index (χ1n) is 3.97. The fraction of sp³-hybridized carbons (Fsp3) is 0.200. The van der Waals surface area contributed by atoms with Crippen LogP contribution in [0, 0.1) is 17.2 Å². The Morgan fingerprint density at radius 3 is 2.54 bits per heavy atom. The van der Waals surface area contributed by atoms with E-state index < -0.39 is 0 Å². The summed E-state index contributed by atoms with van der Waals surface area (Å²) in [4.78, 5) is 0.270. The first-order chi connectivity index (χ1) is 6.24. The second-order valence-corrected chi connectivity index (χ2v) is 3.25. The summed E-state index contributed by atoms with van der Waals surface area (Å²) in [6, 6.07) is 11.8. The van der Waals surface area contributed by atoms with E-state index in [0.717, 1.165) is 5.56 Å². The molecule has 0 aliphatic carbocycles. The Balaban J connectivity index is 2.69. The Morgan fingerprint density at radius 2 is 2.08 bits per heavy atom. The summed E-state index contributed by atoms with van der Waals surface area (Å²) in [5, 5.41) is 8.74. The highest BCUT2D eigenvalue weighted by Crippen LogP contribution is 2.07. The van der Waals surface area contributed by atoms with E-state index in [0.29, 0.717) is 6.42 Å². The Bertz CT molecular complexity index is 327. The van der Waals surface area contributed by atoms with Gasteiger partial charge < -0.3 is 5.73 Å². The minimum absolute atomic E-state index is 0.270. The molecule has 1 aromatic rings. The van der Waals surface area contributed by atoms with Gasteiger partial charge in [-0.1, -0.05) is 42.5 Å². The van der Waals surface area contributed by atoms with Crippen molar-refractivity contribution in [3.63, 3.8) is 0 Å². The van der Waals surface area contributed by atoms with Crippen LogP contribution in [0.15, 0.2) is 30.3 Å². The largest absolute Gasteiger partial charge is 0.392 e. The van der Waals surface area contributed by atoms with Crippen molar-refractivity contribution < 1.29 is 0 Å². The molecule has 0 bridgehead atoms. The van der Waals surface area contributed by atoms with Gasteiger partial charge in [0.1, 0.15) is 5.92 Å². The van der Waals surface area contributed by atoms with Gasteiger partial charge in [0.15, 0.2) is 0 Å². The molecule has 0 saturated carbocycles. The number of nitriles is 1. The zero-order chi connectivity index (χ0) is 9.68. The average Bonchev–Trinajstić information content (AvgIpc) is 2.15. The standard InChI is InChI=1S/C10H10N2S/c11-7-9(10(12)13)6-8-4-2-1-3-5-8/h1-5,9H,6H2,(H2,12,13)/t9-/m1/s1. The van der Waals surface area contributed by atoms with Gasteiger partial charge in [-0.3, -0.25) is 0 Å². The van der Waals surface area contributed by atoms with Crippen molar-refractivity contribution in [2.24, 2.45) is 11.7 Å². The third kappa shape index (κ3) is 2.85. The molecule has 2 nitrogen and oxygen atoms in total. The molecule has 66 valence electrons. The lowest BCUT2D eigenvalue weighted by Crippen LogP contribution is -2.21. The first-order valence-corrected chi connectivity index (χ1v) is 4.37. The summed E-state index contributed by atoms with van der Waals surface area (Å²) in [7, 11) is 0. The molecular formula is C10H10N2S. The zero-order valence-electron chi connectivity index (χ0n) is 7.10. The maximum atomic E-state index is 8.74. The summed E-state index contributed by atoms with van der Waals surface area (Å²) >= 11 is 4.77. The van der Waals surface area contributed by atoms with E-state index in [2.05, 4.69) is 6.07 Å². The van der Waals surface area contributed by atoms with Gasteiger partial charge in [0.2, 0.25) is 0 Å². The summed E-state index contributed by atoms with van der Waals surface area (Å²) in [6.45, 7) is 0. The third-order valence-corrected chi connectivity index (χ3v) is 2.07. The van der Waals surface area contributed by atoms with Gasteiger partial charge in [0.05, 0.1) is 11.1 Å². The molecule has 0 aliphatic heterocycles. The normalized spacial score (nSPS) is 11.6. The summed E-state index contributed by atoms with van der Waals surface area (Å²) in [6.07, 6.45) is 0.604. The lowest BCUT2D eigenvalue weighted by Gasteiger charge is -2.05. The van der Waals surface area contributed by atoms with Gasteiger partial charge in [-0.15, -0.1) is 0 Å². The van der Waals surface area contributed by atoms with Crippen molar-refractivity contribution in [2.45, 2.75) is 6.42 Å². The molecule has 2 N–H and O–H groups in total. The highest BCUT2D eigenvalue weighted by atomic mass is 32.1. The first kappa shape index (κ1) is 9.69. The molecular weight excluding hydrogens is 180 g/mol. The Kier molecular flexibility index (Phi) is 3.41. The SMILES string of the molecule is N#C[C@@H](Cc1ccccc1)C(N)=S. The van der Waals surface area contributed by atoms with Crippen molar-refractivity contribution in [3.8, 4) is 6.07 Å². The maximum absolute atomic E-state index is 8.74. The average molecular weight is 190 g/mol. The number of hydrogen-bond acceptors (Lipinski definition) is 2. The van der Waals surface area contributed by atoms with Crippen LogP contribution >= 0.6 is 12.2 Å². The Hall–Kier alpha value is -1.40. The van der Waals surface area contributed by atoms with E-state index in [4.69, 9.17) is 23.2 Å². The number of nitrogens with zero attached hydrogens (tertiary/aromatic N) is 1. The number of thiocarbonyl (C=S) groups is 1. The van der Waals surface area contributed by atoms with Crippen molar-refractivity contribution >= 4 is 17.2 Å². The van der Waals surface area contributed by atoms with E-state index in [1.807, 2.05) is 30.3 Å². The van der Waals surface area contributed by atoms with Gasteiger partial charge in [-0.05, 0) is 12.0 Å². The zero-order valence-corrected chi connectivity index (χ0v) is 7.92. The van der Waals surface area contributed by atoms with Crippen molar-refractivity contribution in [1.29, 1.82) is 5.26 Å². The van der Waals surface area contributed by atoms with Crippen LogP contribution in [0.25, 0.3) is 0 Å². The number of rotatable bonds is 3. The minimum atomic E-state index is -0.350. The fourth-order valence-electron chi connectivity index (χ4n) is 1.06. The summed E-state index contributed by atoms with van der Waals surface area (Å²) < 4.78 is 0. The molecule has 0 radical (unpaired) electrons. The second kappa shape index (κ2) is 4.58. The fourth-order valence-corrected chi connectivity index (χ4v) is 1.20. The molecule has 0 fully saturated rings. The summed E-state index contributed by atoms with van der Waals surface area (Å²) in [5.41, 5.74) is 6.49. The predicted molar refractivity (Wildman–Crippen MR) is 56.0 cm³/mol. The van der Waals surface area contributed by atoms with Crippen LogP contribution < -0.4 is 5.73 Å². The highest BCUT2D eigenvalue weighted by molar-refractivity contribution is 7.80. The van der Waals surface area contributed by atoms with Gasteiger partial charge in [-0.2, -0.15) is 5.26 Å². The molecule has 0 saturated heterocycles. The molecule has 0 aliphatic rings. The Morgan fingerprint density at radius 1 is 1.46 bits per heavy atom. The van der Waals surface area contributed by atoms with Crippen LogP contribution in [-0.4, -0.2) is 4.99 Å². The van der Waals surface area contributed by atoms with Gasteiger partial charge in [0, 0.05) is 0 Å². The lowest BCUT2D eigenvalue weighted by atomic mass is 10.0. The second-order valence-electron chi connectivity index (χ2n) is 2.77. The van der Waals surface area contributed by atoms with E-state index in [1.54, 1.807) is 0 Å². The van der Waals surface area contributed by atoms with E-state index in [-0.39, 0.29) is 10.9 Å². The number of nitrogens with two attached hydrogens (primary N) is 1. The molecule has 0 amide bonds. The summed E-state index contributed by atoms with van der Waals surface area (Å²) in [5.74, 6) is -0.350. The van der Waals surface area contributed by atoms with Crippen LogP contribution in [0.4, 0.5) is 0 Å². The van der Waals surface area contributed by atoms with Crippen molar-refractivity contribution in [1.82, 2.24) is 0 Å². The van der Waals surface area contributed by atoms with Crippen LogP contribution in [0.2, 0.25) is 0 Å². The molecule has 0 aromatic heterocycles. The maximum Gasteiger partial charge on any atom is 0.100 e.